The van der Waals surface area contributed by atoms with Crippen LogP contribution in [0.25, 0.3) is 0 Å². The number of aryl methyl sites for hydroxylation is 2. The number of methoxy groups -OCH3 is 1. The van der Waals surface area contributed by atoms with Gasteiger partial charge in [0.15, 0.2) is 11.5 Å². The molecule has 0 radical (unpaired) electrons. The van der Waals surface area contributed by atoms with E-state index in [1.54, 1.807) is 24.3 Å². The predicted octanol–water partition coefficient (Wildman–Crippen LogP) is 2.31. The van der Waals surface area contributed by atoms with E-state index in [2.05, 4.69) is 5.32 Å². The van der Waals surface area contributed by atoms with Crippen molar-refractivity contribution in [2.24, 2.45) is 0 Å². The highest BCUT2D eigenvalue weighted by atomic mass is 16.5. The maximum atomic E-state index is 13.0. The van der Waals surface area contributed by atoms with Gasteiger partial charge in [0, 0.05) is 46.6 Å². The normalized spacial score (nSPS) is 21.1. The summed E-state index contributed by atoms with van der Waals surface area (Å²) in [5.41, 5.74) is -1.19. The number of piperazine rings is 1. The van der Waals surface area contributed by atoms with Crippen LogP contribution in [-0.2, 0) is 4.79 Å². The Bertz CT molecular complexity index is 1100. The summed E-state index contributed by atoms with van der Waals surface area (Å²) in [6, 6.07) is 10.7. The molecule has 31 heavy (non-hydrogen) atoms. The number of nitrogens with zero attached hydrogens (tertiary/aromatic N) is 2. The zero-order valence-electron chi connectivity index (χ0n) is 25.4. The fraction of sp³-hybridized carbons (Fsp3) is 0.458. The summed E-state index contributed by atoms with van der Waals surface area (Å²) in [5, 5.41) is 12.7. The predicted molar refractivity (Wildman–Crippen MR) is 122 cm³/mol. The van der Waals surface area contributed by atoms with Crippen molar-refractivity contribution < 1.29 is 30.3 Å². The van der Waals surface area contributed by atoms with Crippen LogP contribution in [0.15, 0.2) is 42.5 Å². The van der Waals surface area contributed by atoms with Crippen LogP contribution in [0.5, 0.6) is 11.5 Å². The van der Waals surface area contributed by atoms with Crippen LogP contribution in [0, 0.1) is 13.7 Å². The highest BCUT2D eigenvalue weighted by Gasteiger charge is 2.21. The second-order valence-corrected chi connectivity index (χ2v) is 7.20. The Morgan fingerprint density at radius 1 is 1.10 bits per heavy atom. The summed E-state index contributed by atoms with van der Waals surface area (Å²) in [4.78, 5) is 16.3. The molecule has 0 spiro atoms. The Balaban J connectivity index is 1.61. The number of nitrogens with one attached hydrogen (secondary N) is 1. The van der Waals surface area contributed by atoms with Gasteiger partial charge in [-0.2, -0.15) is 0 Å². The van der Waals surface area contributed by atoms with Gasteiger partial charge in [0.25, 0.3) is 0 Å². The van der Waals surface area contributed by atoms with E-state index in [1.807, 2.05) is 4.90 Å². The molecule has 1 aliphatic rings. The van der Waals surface area contributed by atoms with Crippen molar-refractivity contribution in [3.05, 3.63) is 53.6 Å². The Hall–Kier alpha value is -2.61. The van der Waals surface area contributed by atoms with Gasteiger partial charge in [-0.25, -0.2) is 0 Å². The first-order chi connectivity index (χ1) is 18.1. The number of hydrogen-bond donors (Lipinski definition) is 2. The number of para-hydroxylation sites is 3. The van der Waals surface area contributed by atoms with E-state index in [4.69, 9.17) is 20.4 Å². The summed E-state index contributed by atoms with van der Waals surface area (Å²) in [6.07, 6.45) is -0.823. The smallest absolute Gasteiger partial charge is 0.238 e. The van der Waals surface area contributed by atoms with E-state index in [1.165, 1.54) is 30.2 Å². The van der Waals surface area contributed by atoms with Crippen LogP contribution in [0.1, 0.15) is 22.1 Å². The Kier molecular flexibility index (Phi) is 5.19. The molecule has 0 saturated carbocycles. The molecule has 1 fully saturated rings. The monoisotopic (exact) mass is 435 g/mol. The van der Waals surface area contributed by atoms with Gasteiger partial charge in [0.05, 0.1) is 16.3 Å². The Morgan fingerprint density at radius 3 is 2.39 bits per heavy atom. The van der Waals surface area contributed by atoms with E-state index < -0.39 is 37.9 Å². The standard InChI is InChI=1S/C24H33N3O4/c1-18-7-6-8-19(2)24(18)25-23(29)16-27-13-11-26(12-14-27)15-20(28)17-31-22-10-5-4-9-21(22)30-3/h4-10,20,28H,11-17H2,1-3H3,(H,25,29)/i1D3,2D3,16D2. The van der Waals surface area contributed by atoms with Crippen LogP contribution in [0.4, 0.5) is 5.69 Å². The van der Waals surface area contributed by atoms with Crippen LogP contribution in [0.2, 0.25) is 0 Å². The van der Waals surface area contributed by atoms with Crippen LogP contribution < -0.4 is 14.8 Å². The van der Waals surface area contributed by atoms with Crippen molar-refractivity contribution in [2.45, 2.75) is 19.8 Å². The zero-order valence-corrected chi connectivity index (χ0v) is 17.4. The average Bonchev–Trinajstić information content (AvgIpc) is 2.86. The first-order valence-electron chi connectivity index (χ1n) is 14.0. The number of aliphatic hydroxyl groups excluding tert-OH is 1. The molecule has 1 unspecified atom stereocenters. The highest BCUT2D eigenvalue weighted by molar-refractivity contribution is 5.93. The maximum Gasteiger partial charge on any atom is 0.238 e. The second kappa shape index (κ2) is 11.1. The van der Waals surface area contributed by atoms with E-state index in [9.17, 15) is 9.90 Å². The van der Waals surface area contributed by atoms with Gasteiger partial charge in [0.1, 0.15) is 12.7 Å². The first kappa shape index (κ1) is 14.5. The summed E-state index contributed by atoms with van der Waals surface area (Å²) < 4.78 is 74.2. The molecule has 2 aromatic rings. The lowest BCUT2D eigenvalue weighted by molar-refractivity contribution is -0.117. The number of ether oxygens (including phenoxy) is 2. The number of β-amino-alcohol motifs (C(OH)–C–C–N with tert-alkyl or cyclic N) is 1. The first-order valence-corrected chi connectivity index (χ1v) is 10.0. The Labute approximate surface area is 195 Å². The second-order valence-electron chi connectivity index (χ2n) is 7.20. The highest BCUT2D eigenvalue weighted by Crippen LogP contribution is 2.25. The summed E-state index contributed by atoms with van der Waals surface area (Å²) >= 11 is 0. The molecule has 2 aromatic carbocycles. The molecule has 1 heterocycles. The minimum absolute atomic E-state index is 0.0263. The molecule has 0 aromatic heterocycles. The van der Waals surface area contributed by atoms with Crippen molar-refractivity contribution in [1.29, 1.82) is 0 Å². The van der Waals surface area contributed by atoms with E-state index in [0.717, 1.165) is 0 Å². The number of benzene rings is 2. The molecule has 0 aliphatic carbocycles. The quantitative estimate of drug-likeness (QED) is 0.630. The molecule has 1 amide bonds. The molecule has 3 rings (SSSR count). The number of aliphatic hydroxyl groups is 1. The number of amides is 1. The van der Waals surface area contributed by atoms with Crippen molar-refractivity contribution in [3.63, 3.8) is 0 Å². The third-order valence-corrected chi connectivity index (χ3v) is 4.90. The van der Waals surface area contributed by atoms with Crippen molar-refractivity contribution in [2.75, 3.05) is 58.3 Å². The van der Waals surface area contributed by atoms with E-state index in [0.29, 0.717) is 24.6 Å². The lowest BCUT2D eigenvalue weighted by atomic mass is 10.1. The van der Waals surface area contributed by atoms with Gasteiger partial charge >= 0.3 is 0 Å². The molecule has 1 aliphatic heterocycles. The zero-order chi connectivity index (χ0) is 29.0. The third-order valence-electron chi connectivity index (χ3n) is 4.90. The largest absolute Gasteiger partial charge is 0.493 e. The van der Waals surface area contributed by atoms with Crippen molar-refractivity contribution >= 4 is 11.6 Å². The van der Waals surface area contributed by atoms with Gasteiger partial charge < -0.3 is 19.9 Å². The number of hydrogen-bond acceptors (Lipinski definition) is 6. The van der Waals surface area contributed by atoms with E-state index >= 15 is 0 Å². The SMILES string of the molecule is [2H]C([2H])([2H])c1cccc(C([2H])([2H])[2H])c1NC(=O)C([2H])([2H])N1CCN(CC(O)COc2ccccc2OC)CC1. The fourth-order valence-corrected chi connectivity index (χ4v) is 3.29. The van der Waals surface area contributed by atoms with Crippen molar-refractivity contribution in [1.82, 2.24) is 9.80 Å². The minimum Gasteiger partial charge on any atom is -0.493 e. The fourth-order valence-electron chi connectivity index (χ4n) is 3.29. The van der Waals surface area contributed by atoms with Crippen LogP contribution in [0.3, 0.4) is 0 Å². The maximum absolute atomic E-state index is 13.0. The summed E-state index contributed by atoms with van der Waals surface area (Å²) in [7, 11) is 1.52. The van der Waals surface area contributed by atoms with E-state index in [-0.39, 0.29) is 37.4 Å². The van der Waals surface area contributed by atoms with Crippen LogP contribution in [-0.4, -0.2) is 79.9 Å². The third kappa shape index (κ3) is 6.69. The van der Waals surface area contributed by atoms with Crippen molar-refractivity contribution in [3.8, 4) is 11.5 Å². The Morgan fingerprint density at radius 2 is 1.74 bits per heavy atom. The molecule has 1 atom stereocenters. The molecular weight excluding hydrogens is 394 g/mol. The topological polar surface area (TPSA) is 74.3 Å². The molecule has 2 N–H and O–H groups in total. The van der Waals surface area contributed by atoms with Gasteiger partial charge in [-0.1, -0.05) is 30.3 Å². The molecule has 168 valence electrons. The van der Waals surface area contributed by atoms with Gasteiger partial charge in [-0.3, -0.25) is 14.6 Å². The minimum atomic E-state index is -2.72. The molecule has 7 nitrogen and oxygen atoms in total. The van der Waals surface area contributed by atoms with Gasteiger partial charge in [0.2, 0.25) is 5.91 Å². The number of rotatable bonds is 9. The number of carbonyl (C=O) groups excluding carboxylic acids is 1. The lowest BCUT2D eigenvalue weighted by Crippen LogP contribution is -2.50. The molecule has 0 bridgehead atoms. The molecule has 7 heteroatoms. The molecule has 1 saturated heterocycles. The lowest BCUT2D eigenvalue weighted by Gasteiger charge is -2.35. The molecular formula is C24H33N3O4. The van der Waals surface area contributed by atoms with Crippen LogP contribution >= 0.6 is 0 Å². The average molecular weight is 436 g/mol. The summed E-state index contributed by atoms with van der Waals surface area (Å²) in [5.74, 6) is -0.112. The van der Waals surface area contributed by atoms with Gasteiger partial charge in [-0.15, -0.1) is 0 Å². The summed E-state index contributed by atoms with van der Waals surface area (Å²) in [6.45, 7) is -6.70. The number of anilines is 1. The number of carbonyl (C=O) groups is 1. The van der Waals surface area contributed by atoms with Gasteiger partial charge in [-0.05, 0) is 37.0 Å².